The summed E-state index contributed by atoms with van der Waals surface area (Å²) in [6.07, 6.45) is 0. The van der Waals surface area contributed by atoms with E-state index >= 15 is 0 Å². The number of ether oxygens (including phenoxy) is 2. The number of benzene rings is 2. The molecule has 3 nitrogen and oxygen atoms in total. The highest BCUT2D eigenvalue weighted by Crippen LogP contribution is 2.40. The maximum Gasteiger partial charge on any atom is 0.168 e. The van der Waals surface area contributed by atoms with Crippen LogP contribution in [-0.4, -0.2) is 19.3 Å². The fourth-order valence-electron chi connectivity index (χ4n) is 1.93. The topological polar surface area (TPSA) is 38.7 Å². The maximum atomic E-state index is 9.88. The Labute approximate surface area is 117 Å². The fraction of sp³-hybridized carbons (Fsp3) is 0.200. The summed E-state index contributed by atoms with van der Waals surface area (Å²) in [5.74, 6) is 1.41. The van der Waals surface area contributed by atoms with E-state index < -0.39 is 0 Å². The third-order valence-electron chi connectivity index (χ3n) is 3.03. The smallest absolute Gasteiger partial charge is 0.168 e. The van der Waals surface area contributed by atoms with Crippen LogP contribution < -0.4 is 9.47 Å². The van der Waals surface area contributed by atoms with Gasteiger partial charge in [-0.05, 0) is 30.7 Å². The van der Waals surface area contributed by atoms with E-state index in [0.29, 0.717) is 22.1 Å². The summed E-state index contributed by atoms with van der Waals surface area (Å²) < 4.78 is 10.6. The lowest BCUT2D eigenvalue weighted by Crippen LogP contribution is -1.93. The third kappa shape index (κ3) is 2.47. The Morgan fingerprint density at radius 1 is 1.11 bits per heavy atom. The average Bonchev–Trinajstić information content (AvgIpc) is 2.43. The first kappa shape index (κ1) is 13.6. The summed E-state index contributed by atoms with van der Waals surface area (Å²) >= 11 is 6.11. The SMILES string of the molecule is COc1cccc(-c2cc(O)c(C)c(Cl)c2)c1OC. The van der Waals surface area contributed by atoms with E-state index in [-0.39, 0.29) is 5.75 Å². The van der Waals surface area contributed by atoms with Crippen molar-refractivity contribution in [3.05, 3.63) is 40.9 Å². The van der Waals surface area contributed by atoms with Crippen molar-refractivity contribution >= 4 is 11.6 Å². The predicted molar refractivity (Wildman–Crippen MR) is 76.4 cm³/mol. The molecular weight excluding hydrogens is 264 g/mol. The molecule has 0 aliphatic heterocycles. The number of aromatic hydroxyl groups is 1. The molecule has 2 aromatic carbocycles. The van der Waals surface area contributed by atoms with Gasteiger partial charge in [0.1, 0.15) is 5.75 Å². The summed E-state index contributed by atoms with van der Waals surface area (Å²) in [5.41, 5.74) is 2.26. The minimum absolute atomic E-state index is 0.160. The van der Waals surface area contributed by atoms with Gasteiger partial charge in [-0.25, -0.2) is 0 Å². The first-order valence-corrected chi connectivity index (χ1v) is 6.16. The van der Waals surface area contributed by atoms with Crippen molar-refractivity contribution in [2.75, 3.05) is 14.2 Å². The van der Waals surface area contributed by atoms with Crippen LogP contribution in [0.1, 0.15) is 5.56 Å². The Morgan fingerprint density at radius 2 is 1.84 bits per heavy atom. The van der Waals surface area contributed by atoms with Crippen molar-refractivity contribution in [1.82, 2.24) is 0 Å². The molecule has 0 spiro atoms. The van der Waals surface area contributed by atoms with Crippen LogP contribution in [0.3, 0.4) is 0 Å². The van der Waals surface area contributed by atoms with Gasteiger partial charge < -0.3 is 14.6 Å². The Bertz CT molecular complexity index is 585. The number of methoxy groups -OCH3 is 2. The second kappa shape index (κ2) is 5.41. The number of hydrogen-bond acceptors (Lipinski definition) is 3. The molecule has 0 aliphatic rings. The molecule has 0 radical (unpaired) electrons. The van der Waals surface area contributed by atoms with Crippen LogP contribution in [0.15, 0.2) is 30.3 Å². The van der Waals surface area contributed by atoms with Gasteiger partial charge in [0.15, 0.2) is 11.5 Å². The van der Waals surface area contributed by atoms with Crippen LogP contribution in [0.5, 0.6) is 17.2 Å². The minimum atomic E-state index is 0.160. The molecule has 0 aliphatic carbocycles. The van der Waals surface area contributed by atoms with Gasteiger partial charge in [0.05, 0.1) is 14.2 Å². The van der Waals surface area contributed by atoms with Crippen molar-refractivity contribution in [2.24, 2.45) is 0 Å². The van der Waals surface area contributed by atoms with E-state index in [9.17, 15) is 5.11 Å². The molecule has 0 saturated carbocycles. The van der Waals surface area contributed by atoms with Crippen LogP contribution in [0, 0.1) is 6.92 Å². The number of para-hydroxylation sites is 1. The highest BCUT2D eigenvalue weighted by atomic mass is 35.5. The standard InChI is InChI=1S/C15H15ClO3/c1-9-12(16)7-10(8-13(9)17)11-5-4-6-14(18-2)15(11)19-3/h4-8,17H,1-3H3. The van der Waals surface area contributed by atoms with Gasteiger partial charge in [-0.15, -0.1) is 0 Å². The Hall–Kier alpha value is -1.87. The van der Waals surface area contributed by atoms with Crippen molar-refractivity contribution in [3.63, 3.8) is 0 Å². The van der Waals surface area contributed by atoms with E-state index in [2.05, 4.69) is 0 Å². The zero-order valence-electron chi connectivity index (χ0n) is 11.0. The van der Waals surface area contributed by atoms with Gasteiger partial charge in [0, 0.05) is 16.1 Å². The lowest BCUT2D eigenvalue weighted by Gasteiger charge is -2.14. The molecule has 0 fully saturated rings. The van der Waals surface area contributed by atoms with Crippen molar-refractivity contribution in [1.29, 1.82) is 0 Å². The Balaban J connectivity index is 2.65. The molecule has 0 aromatic heterocycles. The molecule has 0 bridgehead atoms. The van der Waals surface area contributed by atoms with Crippen LogP contribution in [0.25, 0.3) is 11.1 Å². The number of phenols is 1. The highest BCUT2D eigenvalue weighted by Gasteiger charge is 2.13. The zero-order valence-corrected chi connectivity index (χ0v) is 11.8. The number of phenolic OH excluding ortho intramolecular Hbond substituents is 1. The Morgan fingerprint density at radius 3 is 2.42 bits per heavy atom. The highest BCUT2D eigenvalue weighted by molar-refractivity contribution is 6.31. The van der Waals surface area contributed by atoms with Crippen LogP contribution in [-0.2, 0) is 0 Å². The predicted octanol–water partition coefficient (Wildman–Crippen LogP) is 4.04. The molecule has 0 unspecified atom stereocenters. The summed E-state index contributed by atoms with van der Waals surface area (Å²) in [7, 11) is 3.16. The normalized spacial score (nSPS) is 10.3. The Kier molecular flexibility index (Phi) is 3.86. The summed E-state index contributed by atoms with van der Waals surface area (Å²) in [6.45, 7) is 1.77. The lowest BCUT2D eigenvalue weighted by molar-refractivity contribution is 0.356. The van der Waals surface area contributed by atoms with E-state index in [4.69, 9.17) is 21.1 Å². The molecule has 2 aromatic rings. The molecule has 1 N–H and O–H groups in total. The average molecular weight is 279 g/mol. The van der Waals surface area contributed by atoms with Gasteiger partial charge in [0.2, 0.25) is 0 Å². The van der Waals surface area contributed by atoms with Crippen LogP contribution >= 0.6 is 11.6 Å². The quantitative estimate of drug-likeness (QED) is 0.921. The second-order valence-electron chi connectivity index (χ2n) is 4.14. The zero-order chi connectivity index (χ0) is 14.0. The van der Waals surface area contributed by atoms with Gasteiger partial charge in [-0.2, -0.15) is 0 Å². The number of hydrogen-bond donors (Lipinski definition) is 1. The summed E-state index contributed by atoms with van der Waals surface area (Å²) in [4.78, 5) is 0. The second-order valence-corrected chi connectivity index (χ2v) is 4.55. The van der Waals surface area contributed by atoms with E-state index in [1.165, 1.54) is 0 Å². The van der Waals surface area contributed by atoms with Crippen LogP contribution in [0.2, 0.25) is 5.02 Å². The number of rotatable bonds is 3. The molecular formula is C15H15ClO3. The lowest BCUT2D eigenvalue weighted by atomic mass is 10.0. The van der Waals surface area contributed by atoms with Crippen molar-refractivity contribution < 1.29 is 14.6 Å². The molecule has 100 valence electrons. The largest absolute Gasteiger partial charge is 0.508 e. The third-order valence-corrected chi connectivity index (χ3v) is 3.42. The monoisotopic (exact) mass is 278 g/mol. The minimum Gasteiger partial charge on any atom is -0.508 e. The molecule has 0 atom stereocenters. The molecule has 19 heavy (non-hydrogen) atoms. The summed E-state index contributed by atoms with van der Waals surface area (Å²) in [5, 5.41) is 10.4. The van der Waals surface area contributed by atoms with Gasteiger partial charge >= 0.3 is 0 Å². The molecule has 4 heteroatoms. The molecule has 0 heterocycles. The maximum absolute atomic E-state index is 9.88. The molecule has 0 saturated heterocycles. The first-order chi connectivity index (χ1) is 9.08. The van der Waals surface area contributed by atoms with Crippen LogP contribution in [0.4, 0.5) is 0 Å². The van der Waals surface area contributed by atoms with Gasteiger partial charge in [0.25, 0.3) is 0 Å². The first-order valence-electron chi connectivity index (χ1n) is 5.79. The van der Waals surface area contributed by atoms with Gasteiger partial charge in [-0.1, -0.05) is 23.7 Å². The molecule has 0 amide bonds. The summed E-state index contributed by atoms with van der Waals surface area (Å²) in [6, 6.07) is 9.04. The fourth-order valence-corrected chi connectivity index (χ4v) is 2.15. The van der Waals surface area contributed by atoms with Gasteiger partial charge in [-0.3, -0.25) is 0 Å². The van der Waals surface area contributed by atoms with Crippen molar-refractivity contribution in [3.8, 4) is 28.4 Å². The molecule has 2 rings (SSSR count). The van der Waals surface area contributed by atoms with E-state index in [1.54, 1.807) is 33.3 Å². The van der Waals surface area contributed by atoms with E-state index in [1.807, 2.05) is 18.2 Å². The van der Waals surface area contributed by atoms with E-state index in [0.717, 1.165) is 11.1 Å². The van der Waals surface area contributed by atoms with Crippen molar-refractivity contribution in [2.45, 2.75) is 6.92 Å². The number of halogens is 1.